The Morgan fingerprint density at radius 3 is 2.29 bits per heavy atom. The Kier molecular flexibility index (Phi) is 5.99. The van der Waals surface area contributed by atoms with Crippen molar-refractivity contribution >= 4 is 22.8 Å². The third-order valence-electron chi connectivity index (χ3n) is 4.49. The number of ether oxygens (including phenoxy) is 3. The third-order valence-corrected chi connectivity index (χ3v) is 4.49. The number of carbonyl (C=O) groups excluding carboxylic acids is 2. The highest BCUT2D eigenvalue weighted by Gasteiger charge is 2.23. The maximum atomic E-state index is 12.3. The van der Waals surface area contributed by atoms with Crippen LogP contribution in [0, 0.1) is 0 Å². The number of rotatable bonds is 6. The highest BCUT2D eigenvalue weighted by Crippen LogP contribution is 2.42. The molecule has 0 saturated heterocycles. The Hall–Kier alpha value is -3.28. The van der Waals surface area contributed by atoms with Crippen molar-refractivity contribution in [2.45, 2.75) is 19.8 Å². The molecule has 0 radical (unpaired) electrons. The summed E-state index contributed by atoms with van der Waals surface area (Å²) in [6.07, 6.45) is 4.92. The van der Waals surface area contributed by atoms with E-state index in [0.717, 1.165) is 34.1 Å². The van der Waals surface area contributed by atoms with Gasteiger partial charge in [0.25, 0.3) is 0 Å². The fourth-order valence-electron chi connectivity index (χ4n) is 3.21. The summed E-state index contributed by atoms with van der Waals surface area (Å²) in [5.41, 5.74) is 2.29. The number of carbonyl (C=O) groups is 2. The first-order valence-corrected chi connectivity index (χ1v) is 9.06. The van der Waals surface area contributed by atoms with E-state index in [0.29, 0.717) is 17.7 Å². The van der Waals surface area contributed by atoms with Gasteiger partial charge in [-0.05, 0) is 19.8 Å². The molecular weight excluding hydrogens is 358 g/mol. The summed E-state index contributed by atoms with van der Waals surface area (Å²) in [6, 6.07) is 7.69. The fraction of sp³-hybridized carbons (Fsp3) is 0.273. The molecule has 0 unspecified atom stereocenters. The van der Waals surface area contributed by atoms with E-state index >= 15 is 0 Å². The Morgan fingerprint density at radius 1 is 1.07 bits per heavy atom. The molecule has 28 heavy (non-hydrogen) atoms. The van der Waals surface area contributed by atoms with Gasteiger partial charge in [0.1, 0.15) is 18.1 Å². The normalized spacial score (nSPS) is 12.2. The minimum atomic E-state index is -0.599. The van der Waals surface area contributed by atoms with Gasteiger partial charge >= 0.3 is 12.1 Å². The molecular formula is C22H23NO5. The second-order valence-electron chi connectivity index (χ2n) is 6.48. The summed E-state index contributed by atoms with van der Waals surface area (Å²) in [5, 5.41) is 4.33. The van der Waals surface area contributed by atoms with Crippen LogP contribution in [-0.2, 0) is 22.4 Å². The Balaban J connectivity index is 1.80. The maximum Gasteiger partial charge on any atom is 0.412 e. The molecule has 1 aliphatic rings. The first-order valence-electron chi connectivity index (χ1n) is 9.06. The topological polar surface area (TPSA) is 73.9 Å². The molecule has 1 aliphatic carbocycles. The summed E-state index contributed by atoms with van der Waals surface area (Å²) in [7, 11) is 1.65. The molecule has 0 bridgehead atoms. The predicted octanol–water partition coefficient (Wildman–Crippen LogP) is 3.71. The molecule has 0 saturated carbocycles. The lowest BCUT2D eigenvalue weighted by atomic mass is 9.91. The molecule has 0 aromatic heterocycles. The molecule has 0 atom stereocenters. The minimum absolute atomic E-state index is 0.0466. The van der Waals surface area contributed by atoms with E-state index < -0.39 is 12.1 Å². The van der Waals surface area contributed by atoms with E-state index in [1.165, 1.54) is 0 Å². The van der Waals surface area contributed by atoms with Gasteiger partial charge in [0, 0.05) is 27.5 Å². The van der Waals surface area contributed by atoms with Crippen molar-refractivity contribution in [3.63, 3.8) is 0 Å². The van der Waals surface area contributed by atoms with Crippen molar-refractivity contribution in [3.05, 3.63) is 59.7 Å². The van der Waals surface area contributed by atoms with Crippen molar-refractivity contribution in [1.29, 1.82) is 0 Å². The van der Waals surface area contributed by atoms with E-state index in [-0.39, 0.29) is 13.2 Å². The van der Waals surface area contributed by atoms with E-state index in [2.05, 4.69) is 24.0 Å². The highest BCUT2D eigenvalue weighted by atomic mass is 16.6. The lowest BCUT2D eigenvalue weighted by molar-refractivity contribution is -0.138. The summed E-state index contributed by atoms with van der Waals surface area (Å²) in [5.74, 6) is 0.860. The molecule has 1 amide bonds. The zero-order valence-corrected chi connectivity index (χ0v) is 16.0. The summed E-state index contributed by atoms with van der Waals surface area (Å²) in [6.45, 7) is 5.27. The van der Waals surface area contributed by atoms with Gasteiger partial charge in [0.2, 0.25) is 0 Å². The minimum Gasteiger partial charge on any atom is -0.496 e. The van der Waals surface area contributed by atoms with Gasteiger partial charge in [0.15, 0.2) is 0 Å². The largest absolute Gasteiger partial charge is 0.496 e. The van der Waals surface area contributed by atoms with Crippen molar-refractivity contribution in [1.82, 2.24) is 5.32 Å². The van der Waals surface area contributed by atoms with E-state index in [4.69, 9.17) is 14.2 Å². The number of hydrogen-bond acceptors (Lipinski definition) is 5. The van der Waals surface area contributed by atoms with Crippen LogP contribution in [0.4, 0.5) is 4.79 Å². The van der Waals surface area contributed by atoms with Crippen molar-refractivity contribution < 1.29 is 23.8 Å². The smallest absolute Gasteiger partial charge is 0.412 e. The second-order valence-corrected chi connectivity index (χ2v) is 6.48. The van der Waals surface area contributed by atoms with Gasteiger partial charge in [0.05, 0.1) is 13.7 Å². The molecule has 6 heteroatoms. The number of benzene rings is 2. The van der Waals surface area contributed by atoms with Crippen LogP contribution in [0.1, 0.15) is 18.1 Å². The molecule has 0 aliphatic heterocycles. The number of esters is 1. The number of hydrogen-bond donors (Lipinski definition) is 1. The lowest BCUT2D eigenvalue weighted by Gasteiger charge is -2.22. The van der Waals surface area contributed by atoms with Gasteiger partial charge in [-0.2, -0.15) is 0 Å². The summed E-state index contributed by atoms with van der Waals surface area (Å²) >= 11 is 0. The number of fused-ring (bicyclic) bond motifs is 2. The molecule has 1 N–H and O–H groups in total. The summed E-state index contributed by atoms with van der Waals surface area (Å²) < 4.78 is 16.3. The van der Waals surface area contributed by atoms with Crippen molar-refractivity contribution in [3.8, 4) is 11.5 Å². The molecule has 6 nitrogen and oxygen atoms in total. The van der Waals surface area contributed by atoms with Crippen LogP contribution in [-0.4, -0.2) is 32.3 Å². The van der Waals surface area contributed by atoms with Gasteiger partial charge in [-0.3, -0.25) is 0 Å². The van der Waals surface area contributed by atoms with Crippen LogP contribution in [0.5, 0.6) is 11.5 Å². The SMILES string of the molecule is C=C(C)C(=O)OCCNC(=O)Oc1c2c(c(OC)c3ccccc13)CC=CC2. The van der Waals surface area contributed by atoms with Crippen LogP contribution in [0.2, 0.25) is 0 Å². The first-order chi connectivity index (χ1) is 13.5. The number of nitrogens with one attached hydrogen (secondary N) is 1. The molecule has 0 spiro atoms. The fourth-order valence-corrected chi connectivity index (χ4v) is 3.21. The van der Waals surface area contributed by atoms with E-state index in [9.17, 15) is 9.59 Å². The predicted molar refractivity (Wildman–Crippen MR) is 107 cm³/mol. The zero-order chi connectivity index (χ0) is 20.1. The second kappa shape index (κ2) is 8.61. The van der Waals surface area contributed by atoms with Gasteiger partial charge < -0.3 is 19.5 Å². The van der Waals surface area contributed by atoms with Crippen LogP contribution in [0.3, 0.4) is 0 Å². The average Bonchev–Trinajstić information content (AvgIpc) is 2.71. The Bertz CT molecular complexity index is 961. The van der Waals surface area contributed by atoms with Gasteiger partial charge in [-0.15, -0.1) is 0 Å². The van der Waals surface area contributed by atoms with E-state index in [1.54, 1.807) is 14.0 Å². The molecule has 0 fully saturated rings. The molecule has 2 aromatic carbocycles. The number of allylic oxidation sites excluding steroid dienone is 2. The standard InChI is InChI=1S/C22H23NO5/c1-14(2)21(24)27-13-12-23-22(25)28-20-17-10-6-4-8-15(17)19(26-3)16-9-5-7-11-18(16)20/h4-8,10H,1,9,11-13H2,2-3H3,(H,23,25). The molecule has 2 aromatic rings. The molecule has 146 valence electrons. The van der Waals surface area contributed by atoms with Crippen LogP contribution in [0.25, 0.3) is 10.8 Å². The average molecular weight is 381 g/mol. The summed E-state index contributed by atoms with van der Waals surface area (Å²) in [4.78, 5) is 23.7. The van der Waals surface area contributed by atoms with Crippen LogP contribution >= 0.6 is 0 Å². The zero-order valence-electron chi connectivity index (χ0n) is 16.0. The lowest BCUT2D eigenvalue weighted by Crippen LogP contribution is -2.31. The van der Waals surface area contributed by atoms with Gasteiger partial charge in [-0.25, -0.2) is 9.59 Å². The molecule has 0 heterocycles. The van der Waals surface area contributed by atoms with Crippen molar-refractivity contribution in [2.24, 2.45) is 0 Å². The number of methoxy groups -OCH3 is 1. The van der Waals surface area contributed by atoms with Crippen molar-refractivity contribution in [2.75, 3.05) is 20.3 Å². The monoisotopic (exact) mass is 381 g/mol. The Morgan fingerprint density at radius 2 is 1.68 bits per heavy atom. The van der Waals surface area contributed by atoms with Gasteiger partial charge in [-0.1, -0.05) is 43.0 Å². The Labute approximate surface area is 163 Å². The first kappa shape index (κ1) is 19.5. The van der Waals surface area contributed by atoms with Crippen LogP contribution in [0.15, 0.2) is 48.6 Å². The molecule has 3 rings (SSSR count). The van der Waals surface area contributed by atoms with Crippen LogP contribution < -0.4 is 14.8 Å². The quantitative estimate of drug-likeness (QED) is 0.357. The number of amides is 1. The maximum absolute atomic E-state index is 12.3. The highest BCUT2D eigenvalue weighted by molar-refractivity contribution is 5.97. The van der Waals surface area contributed by atoms with E-state index in [1.807, 2.05) is 24.3 Å². The third kappa shape index (κ3) is 4.01.